The zero-order chi connectivity index (χ0) is 23.0. The number of aromatic nitrogens is 3. The van der Waals surface area contributed by atoms with Crippen molar-refractivity contribution >= 4 is 34.1 Å². The van der Waals surface area contributed by atoms with Gasteiger partial charge in [-0.1, -0.05) is 11.6 Å². The molecule has 0 aliphatic heterocycles. The molecule has 0 aliphatic carbocycles. The van der Waals surface area contributed by atoms with Gasteiger partial charge in [0.05, 0.1) is 36.7 Å². The average Bonchev–Trinajstić information content (AvgIpc) is 2.78. The van der Waals surface area contributed by atoms with Crippen LogP contribution in [-0.4, -0.2) is 39.7 Å². The molecule has 0 amide bonds. The zero-order valence-electron chi connectivity index (χ0n) is 17.1. The molecule has 0 aliphatic rings. The number of pyridine rings is 2. The van der Waals surface area contributed by atoms with E-state index in [1.54, 1.807) is 24.3 Å². The minimum atomic E-state index is -1.12. The van der Waals surface area contributed by atoms with Crippen molar-refractivity contribution in [2.24, 2.45) is 0 Å². The fraction of sp³-hybridized carbons (Fsp3) is 0.182. The van der Waals surface area contributed by atoms with Gasteiger partial charge in [0, 0.05) is 23.7 Å². The predicted octanol–water partition coefficient (Wildman–Crippen LogP) is 2.60. The van der Waals surface area contributed by atoms with Crippen LogP contribution in [0.3, 0.4) is 0 Å². The molecule has 4 rings (SSSR count). The highest BCUT2D eigenvalue weighted by Crippen LogP contribution is 2.31. The Morgan fingerprint density at radius 1 is 1.22 bits per heavy atom. The van der Waals surface area contributed by atoms with Crippen molar-refractivity contribution in [2.45, 2.75) is 12.3 Å². The average molecular weight is 456 g/mol. The first-order valence-electron chi connectivity index (χ1n) is 9.51. The lowest BCUT2D eigenvalue weighted by atomic mass is 9.89. The molecular formula is C22H18ClN3O6. The highest BCUT2D eigenvalue weighted by molar-refractivity contribution is 6.30. The van der Waals surface area contributed by atoms with E-state index >= 15 is 0 Å². The first-order valence-corrected chi connectivity index (χ1v) is 9.88. The zero-order valence-corrected chi connectivity index (χ0v) is 17.8. The molecule has 0 radical (unpaired) electrons. The van der Waals surface area contributed by atoms with E-state index in [4.69, 9.17) is 21.1 Å². The van der Waals surface area contributed by atoms with Crippen LogP contribution in [0, 0.1) is 0 Å². The highest BCUT2D eigenvalue weighted by Gasteiger charge is 2.29. The molecule has 10 heteroatoms. The summed E-state index contributed by atoms with van der Waals surface area (Å²) in [6, 6.07) is 9.66. The number of carbonyl (C=O) groups excluding carboxylic acids is 1. The molecule has 9 nitrogen and oxygen atoms in total. The van der Waals surface area contributed by atoms with Crippen molar-refractivity contribution in [3.63, 3.8) is 0 Å². The highest BCUT2D eigenvalue weighted by atomic mass is 35.5. The molecule has 3 aromatic heterocycles. The Labute approximate surface area is 185 Å². The summed E-state index contributed by atoms with van der Waals surface area (Å²) < 4.78 is 11.1. The number of fused-ring (bicyclic) bond motifs is 2. The maximum absolute atomic E-state index is 13.3. The van der Waals surface area contributed by atoms with E-state index in [0.717, 1.165) is 4.40 Å². The predicted molar refractivity (Wildman–Crippen MR) is 118 cm³/mol. The van der Waals surface area contributed by atoms with Crippen LogP contribution >= 0.6 is 11.6 Å². The second-order valence-corrected chi connectivity index (χ2v) is 7.51. The van der Waals surface area contributed by atoms with Crippen LogP contribution in [0.5, 0.6) is 11.6 Å². The number of halogens is 1. The standard InChI is InChI=1S/C22H18ClN3O6/c1-31-13-5-3-11-7-15(20(28)24-16(11)8-13)14(9-18(27)32-2)19-21(29)25-17-6-4-12(23)10-26(17)22(19)30/h3-8,10,14,29H,9H2,1-2H3,(H,24,28)/t14-/m0/s1. The summed E-state index contributed by atoms with van der Waals surface area (Å²) in [5.74, 6) is -1.81. The Kier molecular flexibility index (Phi) is 5.58. The van der Waals surface area contributed by atoms with Crippen molar-refractivity contribution in [1.29, 1.82) is 0 Å². The minimum Gasteiger partial charge on any atom is -0.497 e. The molecule has 0 spiro atoms. The van der Waals surface area contributed by atoms with Gasteiger partial charge in [-0.15, -0.1) is 0 Å². The molecule has 0 saturated heterocycles. The number of esters is 1. The van der Waals surface area contributed by atoms with Gasteiger partial charge in [0.1, 0.15) is 11.4 Å². The quantitative estimate of drug-likeness (QED) is 0.443. The lowest BCUT2D eigenvalue weighted by molar-refractivity contribution is -0.140. The molecule has 4 aromatic rings. The lowest BCUT2D eigenvalue weighted by Gasteiger charge is -2.17. The second kappa shape index (κ2) is 8.35. The van der Waals surface area contributed by atoms with Gasteiger partial charge >= 0.3 is 5.97 Å². The van der Waals surface area contributed by atoms with Crippen LogP contribution in [0.4, 0.5) is 0 Å². The monoisotopic (exact) mass is 455 g/mol. The number of ether oxygens (including phenoxy) is 2. The first-order chi connectivity index (χ1) is 15.3. The molecule has 164 valence electrons. The number of carbonyl (C=O) groups is 1. The number of benzene rings is 1. The van der Waals surface area contributed by atoms with E-state index in [0.29, 0.717) is 16.7 Å². The molecule has 1 aromatic carbocycles. The summed E-state index contributed by atoms with van der Waals surface area (Å²) in [5.41, 5.74) is -0.623. The molecule has 32 heavy (non-hydrogen) atoms. The third-order valence-corrected chi connectivity index (χ3v) is 5.43. The molecule has 0 fully saturated rings. The van der Waals surface area contributed by atoms with Crippen LogP contribution in [-0.2, 0) is 9.53 Å². The van der Waals surface area contributed by atoms with Crippen molar-refractivity contribution in [2.75, 3.05) is 14.2 Å². The van der Waals surface area contributed by atoms with E-state index in [9.17, 15) is 19.5 Å². The summed E-state index contributed by atoms with van der Waals surface area (Å²) in [4.78, 5) is 45.2. The summed E-state index contributed by atoms with van der Waals surface area (Å²) in [6.07, 6.45) is 0.986. The van der Waals surface area contributed by atoms with Crippen LogP contribution in [0.1, 0.15) is 23.5 Å². The van der Waals surface area contributed by atoms with Gasteiger partial charge in [-0.2, -0.15) is 4.98 Å². The fourth-order valence-electron chi connectivity index (χ4n) is 3.62. The van der Waals surface area contributed by atoms with E-state index in [2.05, 4.69) is 9.97 Å². The lowest BCUT2D eigenvalue weighted by Crippen LogP contribution is -2.27. The van der Waals surface area contributed by atoms with E-state index < -0.39 is 28.9 Å². The first kappa shape index (κ1) is 21.4. The maximum Gasteiger partial charge on any atom is 0.306 e. The maximum atomic E-state index is 13.3. The van der Waals surface area contributed by atoms with Crippen molar-refractivity contribution in [1.82, 2.24) is 14.4 Å². The molecular weight excluding hydrogens is 438 g/mol. The number of nitrogens with one attached hydrogen (secondary N) is 1. The summed E-state index contributed by atoms with van der Waals surface area (Å²) >= 11 is 6.01. The number of hydrogen-bond acceptors (Lipinski definition) is 7. The molecule has 0 saturated carbocycles. The summed E-state index contributed by atoms with van der Waals surface area (Å²) in [5, 5.41) is 11.5. The van der Waals surface area contributed by atoms with Gasteiger partial charge in [-0.3, -0.25) is 18.8 Å². The Bertz CT molecular complexity index is 1480. The normalized spacial score (nSPS) is 12.1. The summed E-state index contributed by atoms with van der Waals surface area (Å²) in [6.45, 7) is 0. The van der Waals surface area contributed by atoms with Gasteiger partial charge in [-0.05, 0) is 35.7 Å². The third-order valence-electron chi connectivity index (χ3n) is 5.21. The minimum absolute atomic E-state index is 0.101. The SMILES string of the molecule is COC(=O)C[C@@H](c1cc2ccc(OC)cc2[nH]c1=O)c1c(O)nc2ccc(Cl)cn2c1=O. The van der Waals surface area contributed by atoms with E-state index in [1.165, 1.54) is 32.5 Å². The van der Waals surface area contributed by atoms with Gasteiger partial charge in [0.2, 0.25) is 5.88 Å². The van der Waals surface area contributed by atoms with Crippen LogP contribution < -0.4 is 15.9 Å². The number of aromatic amines is 1. The molecule has 3 heterocycles. The van der Waals surface area contributed by atoms with Crippen molar-refractivity contribution in [3.05, 3.63) is 79.5 Å². The van der Waals surface area contributed by atoms with Gasteiger partial charge in [-0.25, -0.2) is 0 Å². The van der Waals surface area contributed by atoms with Crippen LogP contribution in [0.25, 0.3) is 16.6 Å². The smallest absolute Gasteiger partial charge is 0.306 e. The second-order valence-electron chi connectivity index (χ2n) is 7.07. The number of nitrogens with zero attached hydrogens (tertiary/aromatic N) is 2. The number of hydrogen-bond donors (Lipinski definition) is 2. The fourth-order valence-corrected chi connectivity index (χ4v) is 3.78. The Balaban J connectivity index is 1.99. The Hall–Kier alpha value is -3.85. The van der Waals surface area contributed by atoms with E-state index in [1.807, 2.05) is 0 Å². The molecule has 1 atom stereocenters. The van der Waals surface area contributed by atoms with Gasteiger partial charge < -0.3 is 19.6 Å². The molecule has 0 unspecified atom stereocenters. The third kappa shape index (κ3) is 3.78. The number of methoxy groups -OCH3 is 2. The topological polar surface area (TPSA) is 123 Å². The number of H-pyrrole nitrogens is 1. The van der Waals surface area contributed by atoms with Gasteiger partial charge in [0.25, 0.3) is 11.1 Å². The van der Waals surface area contributed by atoms with Crippen LogP contribution in [0.2, 0.25) is 5.02 Å². The Morgan fingerprint density at radius 2 is 2.00 bits per heavy atom. The van der Waals surface area contributed by atoms with Crippen molar-refractivity contribution in [3.8, 4) is 11.6 Å². The largest absolute Gasteiger partial charge is 0.497 e. The number of aromatic hydroxyl groups is 1. The summed E-state index contributed by atoms with van der Waals surface area (Å²) in [7, 11) is 2.71. The molecule has 2 N–H and O–H groups in total. The van der Waals surface area contributed by atoms with E-state index in [-0.39, 0.29) is 28.2 Å². The van der Waals surface area contributed by atoms with Gasteiger partial charge in [0.15, 0.2) is 0 Å². The number of rotatable bonds is 5. The van der Waals surface area contributed by atoms with Crippen LogP contribution in [0.15, 0.2) is 52.2 Å². The Morgan fingerprint density at radius 3 is 2.72 bits per heavy atom. The van der Waals surface area contributed by atoms with Crippen molar-refractivity contribution < 1.29 is 19.4 Å². The molecule has 0 bridgehead atoms.